The van der Waals surface area contributed by atoms with E-state index >= 15 is 0 Å². The fourth-order valence-corrected chi connectivity index (χ4v) is 1.77. The molecule has 0 aromatic heterocycles. The predicted octanol–water partition coefficient (Wildman–Crippen LogP) is 3.78. The number of hydrogen-bond acceptors (Lipinski definition) is 0. The molecule has 0 aliphatic carbocycles. The van der Waals surface area contributed by atoms with E-state index < -0.39 is 0 Å². The Bertz CT molecular complexity index is 152. The van der Waals surface area contributed by atoms with Crippen LogP contribution in [-0.4, -0.2) is 31.7 Å². The summed E-state index contributed by atoms with van der Waals surface area (Å²) in [6, 6.07) is 0. The Balaban J connectivity index is 3.47. The van der Waals surface area contributed by atoms with Crippen LogP contribution in [0, 0.1) is 0 Å². The van der Waals surface area contributed by atoms with E-state index in [-0.39, 0.29) is 0 Å². The lowest BCUT2D eigenvalue weighted by molar-refractivity contribution is -0.890. The molecule has 0 rings (SSSR count). The highest BCUT2D eigenvalue weighted by Gasteiger charge is 2.12. The van der Waals surface area contributed by atoms with Crippen LogP contribution in [0.15, 0.2) is 25.3 Å². The smallest absolute Gasteiger partial charge is 0.0782 e. The number of rotatable bonds is 10. The fraction of sp³-hybridized carbons (Fsp3) is 0.714. The highest BCUT2D eigenvalue weighted by atomic mass is 15.3. The standard InChI is InChI=1S/C14H28N/c1-5-7-9-11-13-15(3,4)14-12-10-8-6-2/h5-6H,1-2,7-14H2,3-4H3/q+1. The van der Waals surface area contributed by atoms with Crippen LogP contribution in [0.4, 0.5) is 0 Å². The maximum absolute atomic E-state index is 3.75. The highest BCUT2D eigenvalue weighted by molar-refractivity contribution is 4.66. The minimum absolute atomic E-state index is 1.16. The van der Waals surface area contributed by atoms with Crippen LogP contribution >= 0.6 is 0 Å². The van der Waals surface area contributed by atoms with Crippen molar-refractivity contribution in [3.63, 3.8) is 0 Å². The second-order valence-corrected chi connectivity index (χ2v) is 4.95. The van der Waals surface area contributed by atoms with E-state index in [4.69, 9.17) is 0 Å². The van der Waals surface area contributed by atoms with Gasteiger partial charge in [0.1, 0.15) is 0 Å². The minimum Gasteiger partial charge on any atom is -0.328 e. The Morgan fingerprint density at radius 2 is 1.20 bits per heavy atom. The Kier molecular flexibility index (Phi) is 8.40. The van der Waals surface area contributed by atoms with Crippen molar-refractivity contribution < 1.29 is 4.48 Å². The maximum atomic E-state index is 3.75. The first-order valence-electron chi connectivity index (χ1n) is 6.16. The van der Waals surface area contributed by atoms with Crippen LogP contribution in [0.2, 0.25) is 0 Å². The molecule has 0 atom stereocenters. The average Bonchev–Trinajstić information content (AvgIpc) is 2.20. The fourth-order valence-electron chi connectivity index (χ4n) is 1.77. The SMILES string of the molecule is C=CCCCC[N+](C)(C)CCCCC=C. The van der Waals surface area contributed by atoms with Gasteiger partial charge in [0, 0.05) is 0 Å². The second-order valence-electron chi connectivity index (χ2n) is 4.95. The summed E-state index contributed by atoms with van der Waals surface area (Å²) in [4.78, 5) is 0. The molecule has 0 aromatic carbocycles. The Labute approximate surface area is 96.1 Å². The van der Waals surface area contributed by atoms with E-state index in [1.807, 2.05) is 12.2 Å². The zero-order chi connectivity index (χ0) is 11.6. The van der Waals surface area contributed by atoms with E-state index in [1.54, 1.807) is 0 Å². The van der Waals surface area contributed by atoms with Crippen LogP contribution in [-0.2, 0) is 0 Å². The van der Waals surface area contributed by atoms with Gasteiger partial charge in [-0.2, -0.15) is 0 Å². The largest absolute Gasteiger partial charge is 0.328 e. The second kappa shape index (κ2) is 8.72. The van der Waals surface area contributed by atoms with E-state index in [1.165, 1.54) is 38.8 Å². The number of quaternary nitrogens is 1. The van der Waals surface area contributed by atoms with Gasteiger partial charge in [-0.15, -0.1) is 13.2 Å². The molecule has 0 fully saturated rings. The number of unbranched alkanes of at least 4 members (excludes halogenated alkanes) is 4. The Morgan fingerprint density at radius 1 is 0.800 bits per heavy atom. The molecule has 1 heteroatoms. The van der Waals surface area contributed by atoms with Gasteiger partial charge in [0.15, 0.2) is 0 Å². The van der Waals surface area contributed by atoms with Crippen LogP contribution in [0.1, 0.15) is 38.5 Å². The molecule has 0 spiro atoms. The van der Waals surface area contributed by atoms with Crippen LogP contribution in [0.5, 0.6) is 0 Å². The van der Waals surface area contributed by atoms with Gasteiger partial charge in [0.2, 0.25) is 0 Å². The molecule has 0 aliphatic heterocycles. The van der Waals surface area contributed by atoms with Crippen LogP contribution in [0.3, 0.4) is 0 Å². The third kappa shape index (κ3) is 9.74. The summed E-state index contributed by atoms with van der Waals surface area (Å²) in [6.45, 7) is 10.1. The van der Waals surface area contributed by atoms with Gasteiger partial charge >= 0.3 is 0 Å². The van der Waals surface area contributed by atoms with Crippen molar-refractivity contribution in [3.8, 4) is 0 Å². The van der Waals surface area contributed by atoms with E-state index in [9.17, 15) is 0 Å². The van der Waals surface area contributed by atoms with Crippen molar-refractivity contribution in [3.05, 3.63) is 25.3 Å². The molecule has 88 valence electrons. The number of nitrogens with zero attached hydrogens (tertiary/aromatic N) is 1. The topological polar surface area (TPSA) is 0 Å². The van der Waals surface area contributed by atoms with Crippen LogP contribution in [0.25, 0.3) is 0 Å². The lowest BCUT2D eigenvalue weighted by Crippen LogP contribution is -2.41. The molecule has 0 saturated carbocycles. The molecule has 0 N–H and O–H groups in total. The first-order valence-corrected chi connectivity index (χ1v) is 6.16. The summed E-state index contributed by atoms with van der Waals surface area (Å²) in [5.41, 5.74) is 0. The Hall–Kier alpha value is -0.560. The molecule has 0 radical (unpaired) electrons. The van der Waals surface area contributed by atoms with Gasteiger partial charge in [-0.1, -0.05) is 12.2 Å². The lowest BCUT2D eigenvalue weighted by Gasteiger charge is -2.29. The summed E-state index contributed by atoms with van der Waals surface area (Å²) < 4.78 is 1.16. The zero-order valence-electron chi connectivity index (χ0n) is 10.7. The van der Waals surface area contributed by atoms with Crippen molar-refractivity contribution in [1.82, 2.24) is 0 Å². The van der Waals surface area contributed by atoms with Gasteiger partial charge in [0.05, 0.1) is 27.2 Å². The highest BCUT2D eigenvalue weighted by Crippen LogP contribution is 2.07. The molecular formula is C14H28N+. The van der Waals surface area contributed by atoms with Gasteiger partial charge in [0.25, 0.3) is 0 Å². The molecule has 0 aromatic rings. The van der Waals surface area contributed by atoms with Gasteiger partial charge in [-0.05, 0) is 38.5 Å². The average molecular weight is 210 g/mol. The van der Waals surface area contributed by atoms with E-state index in [0.717, 1.165) is 17.3 Å². The molecule has 0 heterocycles. The number of hydrogen-bond donors (Lipinski definition) is 0. The lowest BCUT2D eigenvalue weighted by atomic mass is 10.2. The van der Waals surface area contributed by atoms with E-state index in [0.29, 0.717) is 0 Å². The molecule has 1 nitrogen and oxygen atoms in total. The van der Waals surface area contributed by atoms with Crippen molar-refractivity contribution in [2.45, 2.75) is 38.5 Å². The first-order chi connectivity index (χ1) is 7.12. The van der Waals surface area contributed by atoms with Crippen molar-refractivity contribution in [2.24, 2.45) is 0 Å². The van der Waals surface area contributed by atoms with Gasteiger partial charge < -0.3 is 4.48 Å². The summed E-state index contributed by atoms with van der Waals surface area (Å²) in [5, 5.41) is 0. The van der Waals surface area contributed by atoms with Crippen molar-refractivity contribution >= 4 is 0 Å². The molecule has 0 aliphatic rings. The first kappa shape index (κ1) is 14.4. The molecular weight excluding hydrogens is 182 g/mol. The molecule has 0 amide bonds. The van der Waals surface area contributed by atoms with Crippen molar-refractivity contribution in [1.29, 1.82) is 0 Å². The van der Waals surface area contributed by atoms with Gasteiger partial charge in [-0.25, -0.2) is 0 Å². The third-order valence-electron chi connectivity index (χ3n) is 2.84. The summed E-state index contributed by atoms with van der Waals surface area (Å²) in [5.74, 6) is 0. The Morgan fingerprint density at radius 3 is 1.53 bits per heavy atom. The molecule has 0 saturated heterocycles. The minimum atomic E-state index is 1.16. The van der Waals surface area contributed by atoms with Crippen molar-refractivity contribution in [2.75, 3.05) is 27.2 Å². The monoisotopic (exact) mass is 210 g/mol. The quantitative estimate of drug-likeness (QED) is 0.292. The maximum Gasteiger partial charge on any atom is 0.0782 e. The summed E-state index contributed by atoms with van der Waals surface area (Å²) in [7, 11) is 4.67. The van der Waals surface area contributed by atoms with Gasteiger partial charge in [-0.3, -0.25) is 0 Å². The third-order valence-corrected chi connectivity index (χ3v) is 2.84. The normalized spacial score (nSPS) is 11.3. The summed E-state index contributed by atoms with van der Waals surface area (Å²) >= 11 is 0. The van der Waals surface area contributed by atoms with E-state index in [2.05, 4.69) is 27.3 Å². The summed E-state index contributed by atoms with van der Waals surface area (Å²) in [6.07, 6.45) is 11.6. The molecule has 0 bridgehead atoms. The zero-order valence-corrected chi connectivity index (χ0v) is 10.7. The molecule has 15 heavy (non-hydrogen) atoms. The molecule has 0 unspecified atom stereocenters. The predicted molar refractivity (Wildman–Crippen MR) is 69.9 cm³/mol. The number of allylic oxidation sites excluding steroid dienone is 2. The van der Waals surface area contributed by atoms with Crippen LogP contribution < -0.4 is 0 Å².